The van der Waals surface area contributed by atoms with Crippen LogP contribution in [-0.4, -0.2) is 5.88 Å². The van der Waals surface area contributed by atoms with Crippen LogP contribution >= 0.6 is 11.6 Å². The van der Waals surface area contributed by atoms with Crippen LogP contribution in [0.4, 0.5) is 0 Å². The molecule has 0 rings (SSSR count). The Bertz CT molecular complexity index is 55.0. The standard InChI is InChI=1S/C5H8Cl/c1-3-5(2)4-6/h3H,1,4H2,2H3/b5-3+. The number of hydrogen-bond donors (Lipinski definition) is 0. The first-order chi connectivity index (χ1) is 2.81. The second-order valence-electron chi connectivity index (χ2n) is 1.18. The minimum atomic E-state index is 0.601. The van der Waals surface area contributed by atoms with Gasteiger partial charge in [-0.2, -0.15) is 0 Å². The van der Waals surface area contributed by atoms with E-state index in [1.807, 2.05) is 6.92 Å². The maximum absolute atomic E-state index is 5.34. The van der Waals surface area contributed by atoms with E-state index in [4.69, 9.17) is 11.6 Å². The molecule has 0 nitrogen and oxygen atoms in total. The number of allylic oxidation sites excluding steroid dienone is 2. The van der Waals surface area contributed by atoms with Crippen molar-refractivity contribution in [3.05, 3.63) is 18.6 Å². The molecule has 0 aromatic rings. The molecule has 0 spiro atoms. The molecule has 6 heavy (non-hydrogen) atoms. The molecule has 0 amide bonds. The van der Waals surface area contributed by atoms with Crippen LogP contribution in [0.25, 0.3) is 0 Å². The second kappa shape index (κ2) is 3.23. The summed E-state index contributed by atoms with van der Waals surface area (Å²) in [4.78, 5) is 0. The van der Waals surface area contributed by atoms with E-state index in [-0.39, 0.29) is 0 Å². The van der Waals surface area contributed by atoms with Crippen molar-refractivity contribution in [2.24, 2.45) is 0 Å². The molecule has 1 heteroatoms. The van der Waals surface area contributed by atoms with E-state index >= 15 is 0 Å². The van der Waals surface area contributed by atoms with Crippen molar-refractivity contribution in [1.29, 1.82) is 0 Å². The van der Waals surface area contributed by atoms with E-state index in [1.54, 1.807) is 6.08 Å². The Labute approximate surface area is 43.8 Å². The number of halogens is 1. The zero-order valence-electron chi connectivity index (χ0n) is 3.87. The molecule has 0 aliphatic carbocycles. The van der Waals surface area contributed by atoms with Crippen molar-refractivity contribution in [2.45, 2.75) is 6.92 Å². The first-order valence-corrected chi connectivity index (χ1v) is 2.35. The molecule has 0 N–H and O–H groups in total. The molecule has 0 aliphatic heterocycles. The monoisotopic (exact) mass is 103 g/mol. The van der Waals surface area contributed by atoms with E-state index in [9.17, 15) is 0 Å². The van der Waals surface area contributed by atoms with Crippen LogP contribution in [0.5, 0.6) is 0 Å². The van der Waals surface area contributed by atoms with Crippen molar-refractivity contribution in [1.82, 2.24) is 0 Å². The highest BCUT2D eigenvalue weighted by atomic mass is 35.5. The minimum Gasteiger partial charge on any atom is -0.122 e. The Morgan fingerprint density at radius 1 is 2.00 bits per heavy atom. The zero-order valence-corrected chi connectivity index (χ0v) is 4.63. The molecule has 35 valence electrons. The maximum Gasteiger partial charge on any atom is 0.0430 e. The smallest absolute Gasteiger partial charge is 0.0430 e. The molecule has 1 radical (unpaired) electrons. The largest absolute Gasteiger partial charge is 0.122 e. The lowest BCUT2D eigenvalue weighted by atomic mass is 10.3. The Morgan fingerprint density at radius 3 is 2.50 bits per heavy atom. The van der Waals surface area contributed by atoms with Crippen LogP contribution in [0.1, 0.15) is 6.92 Å². The van der Waals surface area contributed by atoms with Crippen LogP contribution in [0, 0.1) is 6.92 Å². The average Bonchev–Trinajstić information content (AvgIpc) is 1.65. The van der Waals surface area contributed by atoms with Crippen molar-refractivity contribution in [3.63, 3.8) is 0 Å². The lowest BCUT2D eigenvalue weighted by Crippen LogP contribution is -1.70. The van der Waals surface area contributed by atoms with Gasteiger partial charge >= 0.3 is 0 Å². The Hall–Kier alpha value is 0.0300. The van der Waals surface area contributed by atoms with Crippen molar-refractivity contribution in [2.75, 3.05) is 5.88 Å². The summed E-state index contributed by atoms with van der Waals surface area (Å²) >= 11 is 5.34. The summed E-state index contributed by atoms with van der Waals surface area (Å²) in [6.07, 6.45) is 1.76. The zero-order chi connectivity index (χ0) is 4.99. The van der Waals surface area contributed by atoms with Gasteiger partial charge in [0.1, 0.15) is 0 Å². The van der Waals surface area contributed by atoms with Crippen molar-refractivity contribution >= 4 is 11.6 Å². The van der Waals surface area contributed by atoms with Gasteiger partial charge in [-0.15, -0.1) is 11.6 Å². The summed E-state index contributed by atoms with van der Waals surface area (Å²) in [5.41, 5.74) is 1.12. The van der Waals surface area contributed by atoms with E-state index < -0.39 is 0 Å². The lowest BCUT2D eigenvalue weighted by molar-refractivity contribution is 1.40. The van der Waals surface area contributed by atoms with Crippen LogP contribution in [0.3, 0.4) is 0 Å². The van der Waals surface area contributed by atoms with Gasteiger partial charge in [0, 0.05) is 5.88 Å². The van der Waals surface area contributed by atoms with E-state index in [1.165, 1.54) is 0 Å². The SMILES string of the molecule is [CH2]/C=C(\C)CCl. The minimum absolute atomic E-state index is 0.601. The van der Waals surface area contributed by atoms with Crippen LogP contribution in [0.15, 0.2) is 11.6 Å². The molecule has 0 fully saturated rings. The highest BCUT2D eigenvalue weighted by Crippen LogP contribution is 1.91. The Balaban J connectivity index is 3.22. The van der Waals surface area contributed by atoms with Crippen molar-refractivity contribution < 1.29 is 0 Å². The molecule has 0 saturated carbocycles. The number of rotatable bonds is 1. The van der Waals surface area contributed by atoms with E-state index in [0.717, 1.165) is 5.57 Å². The fraction of sp³-hybridized carbons (Fsp3) is 0.400. The highest BCUT2D eigenvalue weighted by Gasteiger charge is 1.75. The third-order valence-corrected chi connectivity index (χ3v) is 0.981. The summed E-state index contributed by atoms with van der Waals surface area (Å²) in [6, 6.07) is 0. The normalized spacial score (nSPS) is 12.2. The topological polar surface area (TPSA) is 0 Å². The molecule has 0 aliphatic rings. The van der Waals surface area contributed by atoms with Gasteiger partial charge in [0.15, 0.2) is 0 Å². The van der Waals surface area contributed by atoms with Crippen LogP contribution < -0.4 is 0 Å². The Kier molecular flexibility index (Phi) is 3.24. The van der Waals surface area contributed by atoms with E-state index in [2.05, 4.69) is 6.92 Å². The number of hydrogen-bond acceptors (Lipinski definition) is 0. The fourth-order valence-electron chi connectivity index (χ4n) is 0.0546. The number of alkyl halides is 1. The van der Waals surface area contributed by atoms with Crippen LogP contribution in [0.2, 0.25) is 0 Å². The van der Waals surface area contributed by atoms with Gasteiger partial charge in [-0.05, 0) is 13.8 Å². The average molecular weight is 104 g/mol. The third-order valence-electron chi connectivity index (χ3n) is 0.559. The van der Waals surface area contributed by atoms with Gasteiger partial charge in [0.05, 0.1) is 0 Å². The van der Waals surface area contributed by atoms with Crippen LogP contribution in [-0.2, 0) is 0 Å². The van der Waals surface area contributed by atoms with E-state index in [0.29, 0.717) is 5.88 Å². The second-order valence-corrected chi connectivity index (χ2v) is 1.45. The summed E-state index contributed by atoms with van der Waals surface area (Å²) in [5.74, 6) is 0.601. The molecular formula is C5H8Cl. The summed E-state index contributed by atoms with van der Waals surface area (Å²) < 4.78 is 0. The fourth-order valence-corrected chi connectivity index (χ4v) is 0.164. The lowest BCUT2D eigenvalue weighted by Gasteiger charge is -1.82. The van der Waals surface area contributed by atoms with Gasteiger partial charge in [0.25, 0.3) is 0 Å². The van der Waals surface area contributed by atoms with Gasteiger partial charge in [-0.3, -0.25) is 0 Å². The first-order valence-electron chi connectivity index (χ1n) is 1.82. The summed E-state index contributed by atoms with van der Waals surface area (Å²) in [7, 11) is 0. The Morgan fingerprint density at radius 2 is 2.50 bits per heavy atom. The summed E-state index contributed by atoms with van der Waals surface area (Å²) in [5, 5.41) is 0. The quantitative estimate of drug-likeness (QED) is 0.446. The van der Waals surface area contributed by atoms with Gasteiger partial charge in [0.2, 0.25) is 0 Å². The molecule has 0 heterocycles. The predicted molar refractivity (Wildman–Crippen MR) is 29.8 cm³/mol. The molecule has 0 unspecified atom stereocenters. The predicted octanol–water partition coefficient (Wildman–Crippen LogP) is 2.01. The molecule has 0 bridgehead atoms. The molecule has 0 atom stereocenters. The van der Waals surface area contributed by atoms with Crippen molar-refractivity contribution in [3.8, 4) is 0 Å². The molecule has 0 aromatic heterocycles. The summed E-state index contributed by atoms with van der Waals surface area (Å²) in [6.45, 7) is 5.45. The van der Waals surface area contributed by atoms with Gasteiger partial charge in [-0.25, -0.2) is 0 Å². The maximum atomic E-state index is 5.34. The molecule has 0 aromatic carbocycles. The molecular weight excluding hydrogens is 95.5 g/mol. The highest BCUT2D eigenvalue weighted by molar-refractivity contribution is 6.19. The third kappa shape index (κ3) is 2.28. The first kappa shape index (κ1) is 6.03. The van der Waals surface area contributed by atoms with Gasteiger partial charge in [-0.1, -0.05) is 11.6 Å². The molecule has 0 saturated heterocycles. The van der Waals surface area contributed by atoms with Gasteiger partial charge < -0.3 is 0 Å².